The minimum absolute atomic E-state index is 0.118. The highest BCUT2D eigenvalue weighted by Crippen LogP contribution is 2.00. The quantitative estimate of drug-likeness (QED) is 0.314. The average Bonchev–Trinajstić information content (AvgIpc) is 2.04. The van der Waals surface area contributed by atoms with Gasteiger partial charge in [-0.25, -0.2) is 0 Å². The number of hydroxylamine groups is 2. The van der Waals surface area contributed by atoms with E-state index in [0.717, 1.165) is 5.06 Å². The molecule has 13 heavy (non-hydrogen) atoms. The molecule has 0 aromatic heterocycles. The van der Waals surface area contributed by atoms with Crippen LogP contribution < -0.4 is 0 Å². The van der Waals surface area contributed by atoms with Crippen LogP contribution in [-0.2, 0) is 9.53 Å². The molecule has 0 rings (SSSR count). The summed E-state index contributed by atoms with van der Waals surface area (Å²) in [4.78, 5) is 10.9. The van der Waals surface area contributed by atoms with Crippen LogP contribution >= 0.6 is 22.6 Å². The molecule has 0 aliphatic rings. The van der Waals surface area contributed by atoms with Crippen molar-refractivity contribution in [2.75, 3.05) is 26.3 Å². The molecule has 0 aromatic carbocycles. The summed E-state index contributed by atoms with van der Waals surface area (Å²) in [7, 11) is 0. The number of carbonyl (C=O) groups is 1. The number of nitrogens with zero attached hydrogens (tertiary/aromatic N) is 1. The molecule has 78 valence electrons. The predicted octanol–water partition coefficient (Wildman–Crippen LogP) is 0.0366. The molecule has 0 bridgehead atoms. The number of esters is 1. The zero-order valence-electron chi connectivity index (χ0n) is 7.44. The SMILES string of the molecule is CC(I)C(=O)OCCN(O)CCO. The third-order valence-electron chi connectivity index (χ3n) is 1.28. The van der Waals surface area contributed by atoms with Gasteiger partial charge in [-0.3, -0.25) is 4.79 Å². The van der Waals surface area contributed by atoms with E-state index in [1.807, 2.05) is 22.6 Å². The van der Waals surface area contributed by atoms with Gasteiger partial charge in [0.2, 0.25) is 0 Å². The van der Waals surface area contributed by atoms with Crippen LogP contribution in [0.4, 0.5) is 0 Å². The van der Waals surface area contributed by atoms with Crippen molar-refractivity contribution in [2.45, 2.75) is 10.8 Å². The molecule has 0 heterocycles. The molecule has 0 aromatic rings. The number of rotatable bonds is 6. The Kier molecular flexibility index (Phi) is 7.53. The van der Waals surface area contributed by atoms with Gasteiger partial charge in [-0.05, 0) is 6.92 Å². The van der Waals surface area contributed by atoms with E-state index in [2.05, 4.69) is 0 Å². The fraction of sp³-hybridized carbons (Fsp3) is 0.857. The van der Waals surface area contributed by atoms with Crippen molar-refractivity contribution in [3.05, 3.63) is 0 Å². The maximum absolute atomic E-state index is 10.9. The maximum atomic E-state index is 10.9. The summed E-state index contributed by atoms with van der Waals surface area (Å²) in [6.45, 7) is 2.14. The Morgan fingerprint density at radius 3 is 2.69 bits per heavy atom. The zero-order chi connectivity index (χ0) is 10.3. The first kappa shape index (κ1) is 13.1. The van der Waals surface area contributed by atoms with Gasteiger partial charge in [0, 0.05) is 6.54 Å². The molecule has 1 unspecified atom stereocenters. The van der Waals surface area contributed by atoms with Crippen LogP contribution in [0.25, 0.3) is 0 Å². The Bertz CT molecular complexity index is 153. The van der Waals surface area contributed by atoms with Crippen LogP contribution in [0.5, 0.6) is 0 Å². The number of hydrogen-bond acceptors (Lipinski definition) is 5. The van der Waals surface area contributed by atoms with E-state index in [-0.39, 0.29) is 36.2 Å². The van der Waals surface area contributed by atoms with Gasteiger partial charge in [-0.1, -0.05) is 22.6 Å². The van der Waals surface area contributed by atoms with Crippen LogP contribution in [0.15, 0.2) is 0 Å². The summed E-state index contributed by atoms with van der Waals surface area (Å²) in [5.41, 5.74) is 0. The van der Waals surface area contributed by atoms with Gasteiger partial charge in [0.15, 0.2) is 0 Å². The van der Waals surface area contributed by atoms with Gasteiger partial charge < -0.3 is 15.1 Å². The van der Waals surface area contributed by atoms with Gasteiger partial charge in [0.1, 0.15) is 10.5 Å². The average molecular weight is 303 g/mol. The highest BCUT2D eigenvalue weighted by atomic mass is 127. The van der Waals surface area contributed by atoms with Crippen LogP contribution in [-0.4, -0.2) is 51.6 Å². The lowest BCUT2D eigenvalue weighted by molar-refractivity contribution is -0.148. The molecular formula is C7H14INO4. The molecule has 0 saturated heterocycles. The Morgan fingerprint density at radius 2 is 2.23 bits per heavy atom. The molecule has 0 amide bonds. The summed E-state index contributed by atoms with van der Waals surface area (Å²) < 4.78 is 4.61. The van der Waals surface area contributed by atoms with Crippen molar-refractivity contribution in [1.82, 2.24) is 5.06 Å². The Labute approximate surface area is 90.8 Å². The van der Waals surface area contributed by atoms with Gasteiger partial charge in [0.25, 0.3) is 0 Å². The summed E-state index contributed by atoms with van der Waals surface area (Å²) >= 11 is 1.95. The summed E-state index contributed by atoms with van der Waals surface area (Å²) in [6.07, 6.45) is 0. The van der Waals surface area contributed by atoms with E-state index in [1.54, 1.807) is 6.92 Å². The van der Waals surface area contributed by atoms with E-state index >= 15 is 0 Å². The number of hydrogen-bond donors (Lipinski definition) is 2. The minimum Gasteiger partial charge on any atom is -0.463 e. The second kappa shape index (κ2) is 7.48. The first-order valence-electron chi connectivity index (χ1n) is 3.93. The summed E-state index contributed by atoms with van der Waals surface area (Å²) in [5, 5.41) is 18.3. The van der Waals surface area contributed by atoms with Crippen LogP contribution in [0.1, 0.15) is 6.92 Å². The minimum atomic E-state index is -0.294. The first-order valence-corrected chi connectivity index (χ1v) is 5.18. The molecule has 0 aliphatic heterocycles. The highest BCUT2D eigenvalue weighted by Gasteiger charge is 2.09. The molecular weight excluding hydrogens is 289 g/mol. The van der Waals surface area contributed by atoms with Crippen molar-refractivity contribution in [3.63, 3.8) is 0 Å². The largest absolute Gasteiger partial charge is 0.463 e. The molecule has 2 N–H and O–H groups in total. The second-order valence-corrected chi connectivity index (χ2v) is 4.33. The van der Waals surface area contributed by atoms with E-state index < -0.39 is 0 Å². The fourth-order valence-electron chi connectivity index (χ4n) is 0.594. The number of aliphatic hydroxyl groups is 1. The lowest BCUT2D eigenvalue weighted by Crippen LogP contribution is -2.28. The Balaban J connectivity index is 3.39. The fourth-order valence-corrected chi connectivity index (χ4v) is 0.773. The predicted molar refractivity (Wildman–Crippen MR) is 54.9 cm³/mol. The van der Waals surface area contributed by atoms with Gasteiger partial charge in [-0.2, -0.15) is 5.06 Å². The van der Waals surface area contributed by atoms with Crippen molar-refractivity contribution in [1.29, 1.82) is 0 Å². The lowest BCUT2D eigenvalue weighted by atomic mass is 10.5. The zero-order valence-corrected chi connectivity index (χ0v) is 9.60. The molecule has 0 aliphatic carbocycles. The maximum Gasteiger partial charge on any atom is 0.318 e. The van der Waals surface area contributed by atoms with Gasteiger partial charge in [0.05, 0.1) is 13.2 Å². The van der Waals surface area contributed by atoms with Crippen LogP contribution in [0.3, 0.4) is 0 Å². The number of alkyl halides is 1. The second-order valence-electron chi connectivity index (χ2n) is 2.46. The monoisotopic (exact) mass is 303 g/mol. The van der Waals surface area contributed by atoms with Crippen molar-refractivity contribution in [2.24, 2.45) is 0 Å². The number of halogens is 1. The van der Waals surface area contributed by atoms with Crippen molar-refractivity contribution < 1.29 is 19.8 Å². The highest BCUT2D eigenvalue weighted by molar-refractivity contribution is 14.1. The van der Waals surface area contributed by atoms with Gasteiger partial charge >= 0.3 is 5.97 Å². The third kappa shape index (κ3) is 7.17. The third-order valence-corrected chi connectivity index (χ3v) is 1.79. The van der Waals surface area contributed by atoms with Crippen molar-refractivity contribution in [3.8, 4) is 0 Å². The van der Waals surface area contributed by atoms with E-state index in [9.17, 15) is 4.79 Å². The summed E-state index contributed by atoms with van der Waals surface area (Å²) in [6, 6.07) is 0. The molecule has 1 atom stereocenters. The molecule has 6 heteroatoms. The standard InChI is InChI=1S/C7H14INO4/c1-6(8)7(11)13-5-3-9(12)2-4-10/h6,10,12H,2-5H2,1H3. The number of carbonyl (C=O) groups excluding carboxylic acids is 1. The van der Waals surface area contributed by atoms with Crippen LogP contribution in [0.2, 0.25) is 0 Å². The first-order chi connectivity index (χ1) is 6.07. The molecule has 0 fully saturated rings. The molecule has 0 saturated carbocycles. The Hall–Kier alpha value is 0.0800. The lowest BCUT2D eigenvalue weighted by Gasteiger charge is -2.13. The number of aliphatic hydroxyl groups excluding tert-OH is 1. The van der Waals surface area contributed by atoms with E-state index in [4.69, 9.17) is 15.1 Å². The smallest absolute Gasteiger partial charge is 0.318 e. The summed E-state index contributed by atoms with van der Waals surface area (Å²) in [5.74, 6) is -0.294. The van der Waals surface area contributed by atoms with Crippen molar-refractivity contribution >= 4 is 28.6 Å². The van der Waals surface area contributed by atoms with E-state index in [1.165, 1.54) is 0 Å². The van der Waals surface area contributed by atoms with Gasteiger partial charge in [-0.15, -0.1) is 0 Å². The number of ether oxygens (including phenoxy) is 1. The topological polar surface area (TPSA) is 70.0 Å². The van der Waals surface area contributed by atoms with E-state index in [0.29, 0.717) is 0 Å². The van der Waals surface area contributed by atoms with Crippen LogP contribution in [0, 0.1) is 0 Å². The molecule has 0 spiro atoms. The Morgan fingerprint density at radius 1 is 1.62 bits per heavy atom. The molecule has 0 radical (unpaired) electrons. The normalized spacial score (nSPS) is 13.0. The molecule has 5 nitrogen and oxygen atoms in total.